The molecule has 0 saturated carbocycles. The van der Waals surface area contributed by atoms with Crippen LogP contribution in [-0.4, -0.2) is 55.4 Å². The molecular formula is C9H12B5F4NO. The Hall–Kier alpha value is -0.975. The fourth-order valence-corrected chi connectivity index (χ4v) is 2.84. The number of hydrogen-bond donors (Lipinski definition) is 1. The fourth-order valence-electron chi connectivity index (χ4n) is 2.84. The van der Waals surface area contributed by atoms with Gasteiger partial charge in [-0.3, -0.25) is 0 Å². The summed E-state index contributed by atoms with van der Waals surface area (Å²) < 4.78 is 59.3. The van der Waals surface area contributed by atoms with Gasteiger partial charge in [0.1, 0.15) is 31.4 Å². The Kier molecular flexibility index (Phi) is 3.28. The van der Waals surface area contributed by atoms with E-state index in [-0.39, 0.29) is 6.07 Å². The highest BCUT2D eigenvalue weighted by molar-refractivity contribution is 6.56. The smallest absolute Gasteiger partial charge is 0.203 e. The minimum atomic E-state index is -1.52. The molecule has 0 radical (unpaired) electrons. The minimum Gasteiger partial charge on any atom is -0.490 e. The summed E-state index contributed by atoms with van der Waals surface area (Å²) in [7, 11) is 8.77. The van der Waals surface area contributed by atoms with Gasteiger partial charge in [-0.25, -0.2) is 8.78 Å². The van der Waals surface area contributed by atoms with Crippen LogP contribution in [0.5, 0.6) is 5.75 Å². The largest absolute Gasteiger partial charge is 0.490 e. The van der Waals surface area contributed by atoms with E-state index in [9.17, 15) is 17.6 Å². The van der Waals surface area contributed by atoms with Crippen LogP contribution in [0.3, 0.4) is 0 Å². The maximum absolute atomic E-state index is 13.7. The Morgan fingerprint density at radius 2 is 1.25 bits per heavy atom. The van der Waals surface area contributed by atoms with Gasteiger partial charge < -0.3 is 10.1 Å². The molecule has 1 heterocycles. The lowest BCUT2D eigenvalue weighted by molar-refractivity contribution is 0.0110. The molecule has 2 rings (SSSR count). The van der Waals surface area contributed by atoms with E-state index >= 15 is 0 Å². The molecule has 0 unspecified atom stereocenters. The van der Waals surface area contributed by atoms with Crippen molar-refractivity contribution in [3.63, 3.8) is 0 Å². The van der Waals surface area contributed by atoms with E-state index in [0.29, 0.717) is 0 Å². The van der Waals surface area contributed by atoms with Crippen LogP contribution in [0.25, 0.3) is 0 Å². The summed E-state index contributed by atoms with van der Waals surface area (Å²) in [5.74, 6) is -7.03. The van der Waals surface area contributed by atoms with Crippen LogP contribution in [-0.2, 0) is 0 Å². The molecule has 1 N–H and O–H groups in total. The van der Waals surface area contributed by atoms with Crippen molar-refractivity contribution >= 4 is 39.2 Å². The topological polar surface area (TPSA) is 21.3 Å². The monoisotopic (exact) mass is 281 g/mol. The number of nitrogens with one attached hydrogen (secondary N) is 1. The normalized spacial score (nSPS) is 22.0. The van der Waals surface area contributed by atoms with Crippen LogP contribution in [0.1, 0.15) is 0 Å². The van der Waals surface area contributed by atoms with Gasteiger partial charge in [-0.1, -0.05) is 0 Å². The van der Waals surface area contributed by atoms with E-state index in [1.807, 2.05) is 0 Å². The third kappa shape index (κ3) is 1.90. The second kappa shape index (κ2) is 4.26. The summed E-state index contributed by atoms with van der Waals surface area (Å²) in [6.45, 7) is 0. The molecule has 11 heteroatoms. The zero-order valence-electron chi connectivity index (χ0n) is 12.0. The molecule has 20 heavy (non-hydrogen) atoms. The van der Waals surface area contributed by atoms with E-state index in [0.717, 1.165) is 0 Å². The lowest BCUT2D eigenvalue weighted by Crippen LogP contribution is -2.94. The summed E-state index contributed by atoms with van der Waals surface area (Å²) in [4.78, 5) is 0. The lowest BCUT2D eigenvalue weighted by atomic mass is 9.27. The van der Waals surface area contributed by atoms with Gasteiger partial charge in [0.05, 0.1) is 5.50 Å². The van der Waals surface area contributed by atoms with Crippen molar-refractivity contribution in [2.45, 2.75) is 16.2 Å². The van der Waals surface area contributed by atoms with Crippen molar-refractivity contribution in [2.75, 3.05) is 0 Å². The van der Waals surface area contributed by atoms with Crippen LogP contribution in [0.15, 0.2) is 6.07 Å². The second-order valence-electron chi connectivity index (χ2n) is 6.31. The van der Waals surface area contributed by atoms with E-state index in [1.54, 1.807) is 39.2 Å². The van der Waals surface area contributed by atoms with Crippen molar-refractivity contribution in [1.82, 2.24) is 5.32 Å². The summed E-state index contributed by atoms with van der Waals surface area (Å²) in [5.41, 5.74) is -1.04. The Labute approximate surface area is 119 Å². The van der Waals surface area contributed by atoms with Gasteiger partial charge in [0.2, 0.25) is 11.6 Å². The van der Waals surface area contributed by atoms with Crippen molar-refractivity contribution in [3.05, 3.63) is 29.3 Å². The molecule has 1 aliphatic rings. The van der Waals surface area contributed by atoms with Crippen molar-refractivity contribution < 1.29 is 22.3 Å². The first-order valence-corrected chi connectivity index (χ1v) is 6.24. The first-order valence-electron chi connectivity index (χ1n) is 6.24. The Balaban J connectivity index is 2.50. The quantitative estimate of drug-likeness (QED) is 0.343. The van der Waals surface area contributed by atoms with Gasteiger partial charge in [-0.15, -0.1) is 0 Å². The number of hydrogen-bond acceptors (Lipinski definition) is 2. The Morgan fingerprint density at radius 3 is 1.60 bits per heavy atom. The molecule has 1 aromatic rings. The Bertz CT molecular complexity index is 542. The molecule has 0 atom stereocenters. The fraction of sp³-hybridized carbons (Fsp3) is 0.333. The lowest BCUT2D eigenvalue weighted by Gasteiger charge is -2.67. The zero-order chi connectivity index (χ0) is 15.5. The van der Waals surface area contributed by atoms with Gasteiger partial charge in [-0.05, 0) is 10.7 Å². The van der Waals surface area contributed by atoms with Gasteiger partial charge in [-0.2, -0.15) is 8.78 Å². The standard InChI is InChI=1S/C9H12B5F4NO/c10-7(8(11,12)19-9(7,13)14)20-6-4(17)2(15)1-3(16)5(6)18/h1,19H,10-14H2. The highest BCUT2D eigenvalue weighted by Gasteiger charge is 2.63. The predicted molar refractivity (Wildman–Crippen MR) is 81.0 cm³/mol. The van der Waals surface area contributed by atoms with Crippen LogP contribution < -0.4 is 10.1 Å². The molecule has 0 aromatic heterocycles. The highest BCUT2D eigenvalue weighted by atomic mass is 19.2. The van der Waals surface area contributed by atoms with Crippen LogP contribution >= 0.6 is 0 Å². The van der Waals surface area contributed by atoms with Gasteiger partial charge >= 0.3 is 0 Å². The summed E-state index contributed by atoms with van der Waals surface area (Å²) in [6.07, 6.45) is 0. The first kappa shape index (κ1) is 15.4. The van der Waals surface area contributed by atoms with E-state index < -0.39 is 45.2 Å². The number of ether oxygens (including phenoxy) is 1. The van der Waals surface area contributed by atoms with Crippen molar-refractivity contribution in [2.24, 2.45) is 0 Å². The maximum atomic E-state index is 13.7. The molecule has 0 aliphatic carbocycles. The number of halogens is 4. The predicted octanol–water partition coefficient (Wildman–Crippen LogP) is -3.61. The molecule has 1 aliphatic heterocycles. The summed E-state index contributed by atoms with van der Waals surface area (Å²) in [6, 6.07) is 0.162. The van der Waals surface area contributed by atoms with Crippen LogP contribution in [0.2, 0.25) is 0 Å². The van der Waals surface area contributed by atoms with Crippen molar-refractivity contribution in [3.8, 4) is 5.75 Å². The van der Waals surface area contributed by atoms with Gasteiger partial charge in [0.15, 0.2) is 25.2 Å². The van der Waals surface area contributed by atoms with Crippen LogP contribution in [0.4, 0.5) is 17.6 Å². The third-order valence-electron chi connectivity index (χ3n) is 4.39. The molecule has 0 amide bonds. The second-order valence-corrected chi connectivity index (χ2v) is 6.31. The summed E-state index contributed by atoms with van der Waals surface area (Å²) in [5, 5.41) is 1.95. The average molecular weight is 280 g/mol. The van der Waals surface area contributed by atoms with Crippen molar-refractivity contribution in [1.29, 1.82) is 0 Å². The molecular weight excluding hydrogens is 268 g/mol. The molecule has 1 fully saturated rings. The van der Waals surface area contributed by atoms with E-state index in [1.165, 1.54) is 0 Å². The zero-order valence-corrected chi connectivity index (χ0v) is 12.0. The number of rotatable bonds is 2. The van der Waals surface area contributed by atoms with E-state index in [2.05, 4.69) is 5.32 Å². The first-order chi connectivity index (χ1) is 8.93. The average Bonchev–Trinajstić information content (AvgIpc) is 2.30. The molecule has 1 aromatic carbocycles. The van der Waals surface area contributed by atoms with Crippen LogP contribution in [0, 0.1) is 23.3 Å². The highest BCUT2D eigenvalue weighted by Crippen LogP contribution is 2.40. The maximum Gasteiger partial charge on any atom is 0.203 e. The molecule has 102 valence electrons. The number of benzene rings is 1. The third-order valence-corrected chi connectivity index (χ3v) is 4.39. The SMILES string of the molecule is BC1(B)NC(B)(B)C1(B)Oc1c(F)c(F)cc(F)c1F. The molecule has 2 nitrogen and oxygen atoms in total. The molecule has 1 saturated heterocycles. The molecule has 0 spiro atoms. The van der Waals surface area contributed by atoms with E-state index in [4.69, 9.17) is 4.74 Å². The Morgan fingerprint density at radius 1 is 0.850 bits per heavy atom. The molecule has 0 bridgehead atoms. The van der Waals surface area contributed by atoms with Gasteiger partial charge in [0.25, 0.3) is 0 Å². The minimum absolute atomic E-state index is 0.162. The van der Waals surface area contributed by atoms with Gasteiger partial charge in [0, 0.05) is 6.07 Å². The summed E-state index contributed by atoms with van der Waals surface area (Å²) >= 11 is 0.